The van der Waals surface area contributed by atoms with Crippen LogP contribution in [0.4, 0.5) is 4.39 Å². The number of hydrazine groups is 1. The zero-order valence-corrected chi connectivity index (χ0v) is 10.1. The van der Waals surface area contributed by atoms with E-state index >= 15 is 0 Å². The van der Waals surface area contributed by atoms with Crippen LogP contribution >= 0.6 is 0 Å². The maximum absolute atomic E-state index is 13.3. The SMILES string of the molecule is Cc1ccc(F)cc1C(NN)C1CCCCO1. The Balaban J connectivity index is 2.24. The van der Waals surface area contributed by atoms with E-state index in [0.717, 1.165) is 37.0 Å². The van der Waals surface area contributed by atoms with Crippen molar-refractivity contribution in [1.82, 2.24) is 5.43 Å². The standard InChI is InChI=1S/C13H19FN2O/c1-9-5-6-10(14)8-11(9)13(16-15)12-4-2-3-7-17-12/h5-6,8,12-13,16H,2-4,7,15H2,1H3. The van der Waals surface area contributed by atoms with Gasteiger partial charge in [-0.3, -0.25) is 11.3 Å². The van der Waals surface area contributed by atoms with Gasteiger partial charge in [0.05, 0.1) is 12.1 Å². The van der Waals surface area contributed by atoms with Crippen LogP contribution in [0.5, 0.6) is 0 Å². The third kappa shape index (κ3) is 2.83. The summed E-state index contributed by atoms with van der Waals surface area (Å²) in [7, 11) is 0. The molecule has 0 spiro atoms. The summed E-state index contributed by atoms with van der Waals surface area (Å²) < 4.78 is 19.0. The smallest absolute Gasteiger partial charge is 0.123 e. The molecule has 17 heavy (non-hydrogen) atoms. The van der Waals surface area contributed by atoms with Gasteiger partial charge in [0.15, 0.2) is 0 Å². The number of ether oxygens (including phenoxy) is 1. The highest BCUT2D eigenvalue weighted by Crippen LogP contribution is 2.28. The van der Waals surface area contributed by atoms with Gasteiger partial charge in [-0.05, 0) is 49.4 Å². The van der Waals surface area contributed by atoms with E-state index in [1.165, 1.54) is 12.1 Å². The lowest BCUT2D eigenvalue weighted by Gasteiger charge is -2.31. The molecule has 1 aliphatic heterocycles. The van der Waals surface area contributed by atoms with Crippen molar-refractivity contribution < 1.29 is 9.13 Å². The lowest BCUT2D eigenvalue weighted by Crippen LogP contribution is -2.40. The minimum absolute atomic E-state index is 0.0363. The van der Waals surface area contributed by atoms with E-state index in [9.17, 15) is 4.39 Å². The van der Waals surface area contributed by atoms with Crippen molar-refractivity contribution in [2.24, 2.45) is 5.84 Å². The normalized spacial score (nSPS) is 22.4. The first-order valence-corrected chi connectivity index (χ1v) is 6.06. The number of aryl methyl sites for hydroxylation is 1. The van der Waals surface area contributed by atoms with Gasteiger partial charge in [0.2, 0.25) is 0 Å². The molecule has 1 aliphatic rings. The van der Waals surface area contributed by atoms with Crippen LogP contribution in [0.3, 0.4) is 0 Å². The maximum atomic E-state index is 13.3. The van der Waals surface area contributed by atoms with Gasteiger partial charge in [0.1, 0.15) is 5.82 Å². The molecule has 2 atom stereocenters. The molecule has 3 N–H and O–H groups in total. The fourth-order valence-electron chi connectivity index (χ4n) is 2.37. The fourth-order valence-corrected chi connectivity index (χ4v) is 2.37. The molecule has 1 saturated heterocycles. The highest BCUT2D eigenvalue weighted by Gasteiger charge is 2.26. The molecule has 1 aromatic rings. The van der Waals surface area contributed by atoms with Crippen LogP contribution in [0.15, 0.2) is 18.2 Å². The van der Waals surface area contributed by atoms with Gasteiger partial charge in [-0.15, -0.1) is 0 Å². The summed E-state index contributed by atoms with van der Waals surface area (Å²) in [5.41, 5.74) is 4.68. The number of nitrogens with two attached hydrogens (primary N) is 1. The lowest BCUT2D eigenvalue weighted by atomic mass is 9.93. The molecule has 2 unspecified atom stereocenters. The summed E-state index contributed by atoms with van der Waals surface area (Å²) in [5, 5.41) is 0. The van der Waals surface area contributed by atoms with Crippen molar-refractivity contribution in [3.05, 3.63) is 35.1 Å². The average molecular weight is 238 g/mol. The van der Waals surface area contributed by atoms with Crippen LogP contribution in [0, 0.1) is 12.7 Å². The Morgan fingerprint density at radius 3 is 2.94 bits per heavy atom. The second kappa shape index (κ2) is 5.58. The van der Waals surface area contributed by atoms with Crippen LogP contribution in [0.25, 0.3) is 0 Å². The molecule has 4 heteroatoms. The van der Waals surface area contributed by atoms with Crippen LogP contribution in [-0.4, -0.2) is 12.7 Å². The molecule has 0 amide bonds. The van der Waals surface area contributed by atoms with E-state index in [1.807, 2.05) is 6.92 Å². The molecule has 0 radical (unpaired) electrons. The largest absolute Gasteiger partial charge is 0.376 e. The van der Waals surface area contributed by atoms with E-state index in [1.54, 1.807) is 6.07 Å². The summed E-state index contributed by atoms with van der Waals surface area (Å²) in [4.78, 5) is 0. The first-order chi connectivity index (χ1) is 8.22. The second-order valence-corrected chi connectivity index (χ2v) is 4.55. The monoisotopic (exact) mass is 238 g/mol. The average Bonchev–Trinajstić information content (AvgIpc) is 2.36. The lowest BCUT2D eigenvalue weighted by molar-refractivity contribution is -0.00839. The van der Waals surface area contributed by atoms with E-state index in [2.05, 4.69) is 5.43 Å². The molecule has 0 aliphatic carbocycles. The summed E-state index contributed by atoms with van der Waals surface area (Å²) in [5.74, 6) is 5.37. The van der Waals surface area contributed by atoms with Gasteiger partial charge in [-0.25, -0.2) is 4.39 Å². The van der Waals surface area contributed by atoms with Crippen LogP contribution in [0.1, 0.15) is 36.4 Å². The van der Waals surface area contributed by atoms with E-state index in [-0.39, 0.29) is 18.0 Å². The minimum Gasteiger partial charge on any atom is -0.376 e. The van der Waals surface area contributed by atoms with E-state index in [0.29, 0.717) is 0 Å². The fraction of sp³-hybridized carbons (Fsp3) is 0.538. The highest BCUT2D eigenvalue weighted by atomic mass is 19.1. The van der Waals surface area contributed by atoms with Gasteiger partial charge in [-0.2, -0.15) is 0 Å². The predicted octanol–water partition coefficient (Wildman–Crippen LogP) is 2.21. The maximum Gasteiger partial charge on any atom is 0.123 e. The number of benzene rings is 1. The molecule has 0 bridgehead atoms. The zero-order valence-electron chi connectivity index (χ0n) is 10.1. The molecular formula is C13H19FN2O. The second-order valence-electron chi connectivity index (χ2n) is 4.55. The minimum atomic E-state index is -0.235. The van der Waals surface area contributed by atoms with Gasteiger partial charge in [0.25, 0.3) is 0 Å². The van der Waals surface area contributed by atoms with E-state index in [4.69, 9.17) is 10.6 Å². The van der Waals surface area contributed by atoms with Gasteiger partial charge < -0.3 is 4.74 Å². The topological polar surface area (TPSA) is 47.3 Å². The molecule has 94 valence electrons. The predicted molar refractivity (Wildman–Crippen MR) is 64.8 cm³/mol. The molecule has 2 rings (SSSR count). The molecule has 3 nitrogen and oxygen atoms in total. The Kier molecular flexibility index (Phi) is 4.10. The van der Waals surface area contributed by atoms with Gasteiger partial charge >= 0.3 is 0 Å². The van der Waals surface area contributed by atoms with E-state index < -0.39 is 0 Å². The van der Waals surface area contributed by atoms with Crippen molar-refractivity contribution in [3.8, 4) is 0 Å². The third-order valence-corrected chi connectivity index (χ3v) is 3.34. The molecule has 1 heterocycles. The van der Waals surface area contributed by atoms with Crippen LogP contribution in [-0.2, 0) is 4.74 Å². The van der Waals surface area contributed by atoms with Crippen molar-refractivity contribution in [2.75, 3.05) is 6.61 Å². The number of hydrogen-bond acceptors (Lipinski definition) is 3. The van der Waals surface area contributed by atoms with Crippen molar-refractivity contribution in [2.45, 2.75) is 38.3 Å². The Morgan fingerprint density at radius 1 is 1.47 bits per heavy atom. The van der Waals surface area contributed by atoms with Crippen molar-refractivity contribution in [3.63, 3.8) is 0 Å². The molecule has 1 fully saturated rings. The highest BCUT2D eigenvalue weighted by molar-refractivity contribution is 5.30. The van der Waals surface area contributed by atoms with Crippen molar-refractivity contribution in [1.29, 1.82) is 0 Å². The Morgan fingerprint density at radius 2 is 2.29 bits per heavy atom. The summed E-state index contributed by atoms with van der Waals surface area (Å²) in [6.07, 6.45) is 3.23. The number of nitrogens with one attached hydrogen (secondary N) is 1. The first kappa shape index (κ1) is 12.5. The molecular weight excluding hydrogens is 219 g/mol. The Labute approximate surface area is 101 Å². The third-order valence-electron chi connectivity index (χ3n) is 3.34. The summed E-state index contributed by atoms with van der Waals surface area (Å²) in [6, 6.07) is 4.65. The van der Waals surface area contributed by atoms with Crippen LogP contribution in [0.2, 0.25) is 0 Å². The van der Waals surface area contributed by atoms with Crippen molar-refractivity contribution >= 4 is 0 Å². The first-order valence-electron chi connectivity index (χ1n) is 6.06. The molecule has 1 aromatic carbocycles. The number of halogens is 1. The quantitative estimate of drug-likeness (QED) is 0.627. The Hall–Kier alpha value is -0.970. The van der Waals surface area contributed by atoms with Gasteiger partial charge in [0, 0.05) is 6.61 Å². The van der Waals surface area contributed by atoms with Crippen LogP contribution < -0.4 is 11.3 Å². The summed E-state index contributed by atoms with van der Waals surface area (Å²) >= 11 is 0. The Bertz CT molecular complexity index is 378. The number of rotatable bonds is 3. The van der Waals surface area contributed by atoms with Gasteiger partial charge in [-0.1, -0.05) is 6.07 Å². The number of hydrogen-bond donors (Lipinski definition) is 2. The zero-order chi connectivity index (χ0) is 12.3. The summed E-state index contributed by atoms with van der Waals surface area (Å²) in [6.45, 7) is 2.72. The molecule has 0 saturated carbocycles. The molecule has 0 aromatic heterocycles.